The Kier molecular flexibility index (Phi) is 4.49. The molecule has 2 aromatic heterocycles. The Balaban J connectivity index is 1.73. The number of amides is 1. The number of thiophene rings is 1. The third-order valence-corrected chi connectivity index (χ3v) is 6.73. The third kappa shape index (κ3) is 2.93. The van der Waals surface area contributed by atoms with Gasteiger partial charge in [0.2, 0.25) is 0 Å². The van der Waals surface area contributed by atoms with Gasteiger partial charge in [0.15, 0.2) is 0 Å². The molecule has 0 saturated carbocycles. The van der Waals surface area contributed by atoms with E-state index in [-0.39, 0.29) is 5.91 Å². The van der Waals surface area contributed by atoms with Crippen molar-refractivity contribution < 1.29 is 4.79 Å². The van der Waals surface area contributed by atoms with Crippen molar-refractivity contribution in [2.24, 2.45) is 0 Å². The molecule has 24 heavy (non-hydrogen) atoms. The minimum Gasteiger partial charge on any atom is -0.338 e. The first-order chi connectivity index (χ1) is 11.7. The molecule has 1 saturated heterocycles. The first-order valence-corrected chi connectivity index (χ1v) is 9.93. The van der Waals surface area contributed by atoms with E-state index in [0.29, 0.717) is 0 Å². The van der Waals surface area contributed by atoms with Gasteiger partial charge in [0.1, 0.15) is 15.2 Å². The van der Waals surface area contributed by atoms with Gasteiger partial charge in [0, 0.05) is 18.7 Å². The van der Waals surface area contributed by atoms with Crippen LogP contribution in [0, 0.1) is 3.57 Å². The van der Waals surface area contributed by atoms with Crippen LogP contribution in [0.4, 0.5) is 0 Å². The molecular weight excluding hydrogens is 433 g/mol. The van der Waals surface area contributed by atoms with Gasteiger partial charge in [-0.3, -0.25) is 9.78 Å². The second-order valence-corrected chi connectivity index (χ2v) is 7.95. The first-order valence-electron chi connectivity index (χ1n) is 8.04. The first kappa shape index (κ1) is 16.0. The van der Waals surface area contributed by atoms with Crippen molar-refractivity contribution in [2.45, 2.75) is 19.3 Å². The molecule has 0 radical (unpaired) electrons. The molecule has 6 heteroatoms. The molecule has 1 aliphatic heterocycles. The van der Waals surface area contributed by atoms with Crippen molar-refractivity contribution in [1.29, 1.82) is 0 Å². The van der Waals surface area contributed by atoms with Gasteiger partial charge in [-0.2, -0.15) is 0 Å². The average Bonchev–Trinajstić information content (AvgIpc) is 2.99. The highest BCUT2D eigenvalue weighted by molar-refractivity contribution is 14.1. The minimum absolute atomic E-state index is 0.130. The summed E-state index contributed by atoms with van der Waals surface area (Å²) < 4.78 is 0.926. The number of benzene rings is 1. The lowest BCUT2D eigenvalue weighted by atomic mass is 10.1. The Morgan fingerprint density at radius 3 is 2.62 bits per heavy atom. The molecule has 4 nitrogen and oxygen atoms in total. The summed E-state index contributed by atoms with van der Waals surface area (Å²) in [5.74, 6) is 0.130. The van der Waals surface area contributed by atoms with Crippen LogP contribution in [0.1, 0.15) is 28.9 Å². The van der Waals surface area contributed by atoms with E-state index in [0.717, 1.165) is 56.0 Å². The number of carbonyl (C=O) groups is 1. The number of aromatic nitrogens is 2. The number of halogens is 1. The second-order valence-electron chi connectivity index (χ2n) is 5.87. The van der Waals surface area contributed by atoms with Gasteiger partial charge in [-0.15, -0.1) is 11.3 Å². The van der Waals surface area contributed by atoms with Gasteiger partial charge in [0.05, 0.1) is 15.5 Å². The fraction of sp³-hybridized carbons (Fsp3) is 0.278. The van der Waals surface area contributed by atoms with Crippen molar-refractivity contribution >= 4 is 50.2 Å². The summed E-state index contributed by atoms with van der Waals surface area (Å²) in [4.78, 5) is 25.7. The number of hydrogen-bond donors (Lipinski definition) is 0. The summed E-state index contributed by atoms with van der Waals surface area (Å²) in [6.07, 6.45) is 5.21. The van der Waals surface area contributed by atoms with Crippen molar-refractivity contribution in [3.63, 3.8) is 0 Å². The largest absolute Gasteiger partial charge is 0.338 e. The number of fused-ring (bicyclic) bond motifs is 1. The highest BCUT2D eigenvalue weighted by atomic mass is 127. The summed E-state index contributed by atoms with van der Waals surface area (Å²) in [5.41, 5.74) is 2.72. The fourth-order valence-electron chi connectivity index (χ4n) is 2.97. The zero-order valence-corrected chi connectivity index (χ0v) is 16.0. The summed E-state index contributed by atoms with van der Waals surface area (Å²) >= 11 is 3.69. The maximum Gasteiger partial charge on any atom is 0.265 e. The molecule has 1 aromatic carbocycles. The highest BCUT2D eigenvalue weighted by Crippen LogP contribution is 2.32. The van der Waals surface area contributed by atoms with Crippen molar-refractivity contribution in [3.05, 3.63) is 45.0 Å². The van der Waals surface area contributed by atoms with E-state index in [2.05, 4.69) is 27.6 Å². The van der Waals surface area contributed by atoms with E-state index in [1.165, 1.54) is 17.8 Å². The minimum atomic E-state index is 0.130. The van der Waals surface area contributed by atoms with Crippen molar-refractivity contribution in [2.75, 3.05) is 13.1 Å². The number of piperidine rings is 1. The maximum atomic E-state index is 12.8. The molecule has 4 rings (SSSR count). The monoisotopic (exact) mass is 449 g/mol. The van der Waals surface area contributed by atoms with Crippen LogP contribution < -0.4 is 0 Å². The predicted octanol–water partition coefficient (Wildman–Crippen LogP) is 4.59. The van der Waals surface area contributed by atoms with E-state index in [1.54, 1.807) is 6.20 Å². The number of rotatable bonds is 2. The molecule has 1 fully saturated rings. The summed E-state index contributed by atoms with van der Waals surface area (Å²) in [6, 6.07) is 10.0. The third-order valence-electron chi connectivity index (χ3n) is 4.25. The predicted molar refractivity (Wildman–Crippen MR) is 105 cm³/mol. The lowest BCUT2D eigenvalue weighted by molar-refractivity contribution is 0.0728. The van der Waals surface area contributed by atoms with E-state index < -0.39 is 0 Å². The topological polar surface area (TPSA) is 46.1 Å². The summed E-state index contributed by atoms with van der Waals surface area (Å²) in [5, 5.41) is 0. The van der Waals surface area contributed by atoms with Crippen LogP contribution in [-0.4, -0.2) is 33.9 Å². The normalized spacial score (nSPS) is 15.0. The molecule has 3 aromatic rings. The van der Waals surface area contributed by atoms with Crippen LogP contribution in [0.25, 0.3) is 21.6 Å². The van der Waals surface area contributed by atoms with Crippen LogP contribution in [0.3, 0.4) is 0 Å². The molecule has 0 bridgehead atoms. The number of carbonyl (C=O) groups excluding carboxylic acids is 1. The molecule has 3 heterocycles. The van der Waals surface area contributed by atoms with Gasteiger partial charge in [-0.1, -0.05) is 30.3 Å². The van der Waals surface area contributed by atoms with Crippen LogP contribution in [0.2, 0.25) is 0 Å². The van der Waals surface area contributed by atoms with E-state index in [9.17, 15) is 4.79 Å². The molecule has 0 unspecified atom stereocenters. The molecule has 0 atom stereocenters. The molecule has 1 aliphatic rings. The number of nitrogens with zero attached hydrogens (tertiary/aromatic N) is 3. The van der Waals surface area contributed by atoms with Gasteiger partial charge >= 0.3 is 0 Å². The standard InChI is InChI=1S/C18H16IN3OS/c19-14-15-17(21-13(11-20-15)12-7-3-1-4-8-12)24-16(14)18(23)22-9-5-2-6-10-22/h1,3-4,7-8,11H,2,5-6,9-10H2. The Bertz CT molecular complexity index is 888. The van der Waals surface area contributed by atoms with Crippen LogP contribution >= 0.6 is 33.9 Å². The highest BCUT2D eigenvalue weighted by Gasteiger charge is 2.24. The smallest absolute Gasteiger partial charge is 0.265 e. The fourth-order valence-corrected chi connectivity index (χ4v) is 5.10. The zero-order chi connectivity index (χ0) is 16.5. The molecule has 0 spiro atoms. The van der Waals surface area contributed by atoms with Gasteiger partial charge in [0.25, 0.3) is 5.91 Å². The molecule has 122 valence electrons. The summed E-state index contributed by atoms with van der Waals surface area (Å²) in [6.45, 7) is 1.72. The van der Waals surface area contributed by atoms with Crippen LogP contribution in [0.5, 0.6) is 0 Å². The van der Waals surface area contributed by atoms with E-state index in [1.807, 2.05) is 35.2 Å². The summed E-state index contributed by atoms with van der Waals surface area (Å²) in [7, 11) is 0. The molecule has 0 aliphatic carbocycles. The Morgan fingerprint density at radius 2 is 1.88 bits per heavy atom. The quantitative estimate of drug-likeness (QED) is 0.538. The zero-order valence-electron chi connectivity index (χ0n) is 13.0. The molecule has 1 amide bonds. The lowest BCUT2D eigenvalue weighted by Gasteiger charge is -2.26. The molecular formula is C18H16IN3OS. The van der Waals surface area contributed by atoms with E-state index in [4.69, 9.17) is 4.98 Å². The van der Waals surface area contributed by atoms with Crippen LogP contribution in [0.15, 0.2) is 36.5 Å². The average molecular weight is 449 g/mol. The lowest BCUT2D eigenvalue weighted by Crippen LogP contribution is -2.35. The van der Waals surface area contributed by atoms with Gasteiger partial charge in [-0.05, 0) is 41.9 Å². The van der Waals surface area contributed by atoms with Crippen molar-refractivity contribution in [1.82, 2.24) is 14.9 Å². The van der Waals surface area contributed by atoms with Gasteiger partial charge in [-0.25, -0.2) is 4.98 Å². The Hall–Kier alpha value is -1.54. The SMILES string of the molecule is O=C(c1sc2nc(-c3ccccc3)cnc2c1I)N1CCCCC1. The van der Waals surface area contributed by atoms with E-state index >= 15 is 0 Å². The second kappa shape index (κ2) is 6.76. The number of likely N-dealkylation sites (tertiary alicyclic amines) is 1. The number of hydrogen-bond acceptors (Lipinski definition) is 4. The maximum absolute atomic E-state index is 12.8. The Morgan fingerprint density at radius 1 is 1.12 bits per heavy atom. The van der Waals surface area contributed by atoms with Gasteiger partial charge < -0.3 is 4.90 Å². The molecule has 0 N–H and O–H groups in total. The van der Waals surface area contributed by atoms with Crippen LogP contribution in [-0.2, 0) is 0 Å². The van der Waals surface area contributed by atoms with Crippen molar-refractivity contribution in [3.8, 4) is 11.3 Å². The Labute approximate surface area is 158 Å².